The predicted octanol–water partition coefficient (Wildman–Crippen LogP) is 4.91. The minimum Gasteiger partial charge on any atom is -0.494 e. The van der Waals surface area contributed by atoms with Crippen LogP contribution < -0.4 is 9.47 Å². The molecule has 0 N–H and O–H groups in total. The molecule has 0 bridgehead atoms. The number of rotatable bonds is 9. The minimum atomic E-state index is -0.695. The highest BCUT2D eigenvalue weighted by Crippen LogP contribution is 2.46. The van der Waals surface area contributed by atoms with E-state index in [0.717, 1.165) is 22.6 Å². The molecule has 4 heteroatoms. The molecule has 0 radical (unpaired) electrons. The molecule has 0 saturated carbocycles. The highest BCUT2D eigenvalue weighted by molar-refractivity contribution is 5.38. The lowest BCUT2D eigenvalue weighted by molar-refractivity contribution is -0.180. The van der Waals surface area contributed by atoms with Crippen molar-refractivity contribution in [1.82, 2.24) is 0 Å². The Kier molecular flexibility index (Phi) is 6.68. The monoisotopic (exact) mass is 358 g/mol. The van der Waals surface area contributed by atoms with Gasteiger partial charge in [0.1, 0.15) is 22.7 Å². The van der Waals surface area contributed by atoms with Gasteiger partial charge in [0.05, 0.1) is 13.2 Å². The quantitative estimate of drug-likeness (QED) is 0.638. The smallest absolute Gasteiger partial charge is 0.123 e. The third-order valence-electron chi connectivity index (χ3n) is 5.16. The normalized spacial score (nSPS) is 15.8. The van der Waals surface area contributed by atoms with Crippen LogP contribution in [0, 0.1) is 0 Å². The van der Waals surface area contributed by atoms with Gasteiger partial charge in [-0.15, -0.1) is 0 Å². The molecule has 2 rings (SSSR count). The zero-order valence-corrected chi connectivity index (χ0v) is 16.7. The molecule has 2 aromatic carbocycles. The summed E-state index contributed by atoms with van der Waals surface area (Å²) in [4.78, 5) is 0. The molecular weight excluding hydrogens is 328 g/mol. The second kappa shape index (κ2) is 8.56. The Morgan fingerprint density at radius 2 is 0.923 bits per heavy atom. The highest BCUT2D eigenvalue weighted by atomic mass is 16.5. The molecule has 0 aliphatic carbocycles. The van der Waals surface area contributed by atoms with E-state index >= 15 is 0 Å². The van der Waals surface area contributed by atoms with Crippen LogP contribution in [0.1, 0.15) is 38.8 Å². The van der Waals surface area contributed by atoms with Gasteiger partial charge < -0.3 is 18.9 Å². The van der Waals surface area contributed by atoms with Crippen molar-refractivity contribution in [2.75, 3.05) is 27.4 Å². The van der Waals surface area contributed by atoms with Gasteiger partial charge in [-0.2, -0.15) is 0 Å². The van der Waals surface area contributed by atoms with E-state index in [2.05, 4.69) is 0 Å². The van der Waals surface area contributed by atoms with Crippen LogP contribution in [0.2, 0.25) is 0 Å². The average Bonchev–Trinajstić information content (AvgIpc) is 2.68. The fourth-order valence-corrected chi connectivity index (χ4v) is 3.25. The molecule has 142 valence electrons. The summed E-state index contributed by atoms with van der Waals surface area (Å²) in [6.45, 7) is 9.32. The second-order valence-electron chi connectivity index (χ2n) is 6.39. The Morgan fingerprint density at radius 3 is 1.15 bits per heavy atom. The lowest BCUT2D eigenvalue weighted by atomic mass is 9.75. The predicted molar refractivity (Wildman–Crippen MR) is 104 cm³/mol. The average molecular weight is 358 g/mol. The number of ether oxygens (including phenoxy) is 4. The van der Waals surface area contributed by atoms with E-state index in [0.29, 0.717) is 13.2 Å². The van der Waals surface area contributed by atoms with Gasteiger partial charge in [0.2, 0.25) is 0 Å². The Labute approximate surface area is 157 Å². The molecule has 2 atom stereocenters. The first-order valence-electron chi connectivity index (χ1n) is 9.02. The third-order valence-corrected chi connectivity index (χ3v) is 5.16. The molecule has 2 aromatic rings. The first-order valence-corrected chi connectivity index (χ1v) is 9.02. The molecule has 0 aromatic heterocycles. The van der Waals surface area contributed by atoms with E-state index in [1.807, 2.05) is 76.2 Å². The zero-order chi connectivity index (χ0) is 19.2. The van der Waals surface area contributed by atoms with Crippen molar-refractivity contribution in [3.63, 3.8) is 0 Å². The molecular formula is C22H30O4. The molecule has 0 amide bonds. The maximum absolute atomic E-state index is 6.01. The Hall–Kier alpha value is -2.04. The fraction of sp³-hybridized carbons (Fsp3) is 0.455. The van der Waals surface area contributed by atoms with Crippen LogP contribution in [0.5, 0.6) is 11.5 Å². The van der Waals surface area contributed by atoms with Crippen LogP contribution in [-0.4, -0.2) is 27.4 Å². The van der Waals surface area contributed by atoms with Crippen molar-refractivity contribution in [2.45, 2.75) is 38.9 Å². The first kappa shape index (κ1) is 20.3. The van der Waals surface area contributed by atoms with Gasteiger partial charge in [0.15, 0.2) is 0 Å². The largest absolute Gasteiger partial charge is 0.494 e. The molecule has 0 spiro atoms. The maximum Gasteiger partial charge on any atom is 0.123 e. The molecule has 0 aliphatic heterocycles. The summed E-state index contributed by atoms with van der Waals surface area (Å²) >= 11 is 0. The van der Waals surface area contributed by atoms with Crippen LogP contribution in [0.4, 0.5) is 0 Å². The van der Waals surface area contributed by atoms with Crippen molar-refractivity contribution in [3.8, 4) is 11.5 Å². The van der Waals surface area contributed by atoms with Gasteiger partial charge in [-0.1, -0.05) is 24.3 Å². The Balaban J connectivity index is 2.44. The van der Waals surface area contributed by atoms with Crippen LogP contribution in [0.25, 0.3) is 0 Å². The maximum atomic E-state index is 6.01. The second-order valence-corrected chi connectivity index (χ2v) is 6.39. The number of methoxy groups -OCH3 is 2. The van der Waals surface area contributed by atoms with Crippen molar-refractivity contribution >= 4 is 0 Å². The van der Waals surface area contributed by atoms with Crippen LogP contribution in [-0.2, 0) is 20.7 Å². The lowest BCUT2D eigenvalue weighted by Crippen LogP contribution is -2.48. The number of hydrogen-bond acceptors (Lipinski definition) is 4. The Bertz CT molecular complexity index is 619. The molecule has 26 heavy (non-hydrogen) atoms. The molecule has 2 unspecified atom stereocenters. The lowest BCUT2D eigenvalue weighted by Gasteiger charge is -2.45. The minimum absolute atomic E-state index is 0.642. The van der Waals surface area contributed by atoms with Crippen molar-refractivity contribution in [3.05, 3.63) is 59.7 Å². The van der Waals surface area contributed by atoms with E-state index in [9.17, 15) is 0 Å². The van der Waals surface area contributed by atoms with E-state index in [1.54, 1.807) is 14.2 Å². The molecule has 0 saturated heterocycles. The summed E-state index contributed by atoms with van der Waals surface area (Å²) in [5.41, 5.74) is 0.641. The molecule has 0 heterocycles. The standard InChI is InChI=1S/C22H30O4/c1-7-25-19-13-9-17(10-14-19)21(3,23-5)22(4,24-6)18-11-15-20(16-12-18)26-8-2/h9-16H,7-8H2,1-6H3. The topological polar surface area (TPSA) is 36.9 Å². The summed E-state index contributed by atoms with van der Waals surface area (Å²) in [5, 5.41) is 0. The van der Waals surface area contributed by atoms with E-state index in [4.69, 9.17) is 18.9 Å². The van der Waals surface area contributed by atoms with E-state index < -0.39 is 11.2 Å². The van der Waals surface area contributed by atoms with Crippen molar-refractivity contribution < 1.29 is 18.9 Å². The van der Waals surface area contributed by atoms with Crippen LogP contribution >= 0.6 is 0 Å². The van der Waals surface area contributed by atoms with E-state index in [-0.39, 0.29) is 0 Å². The summed E-state index contributed by atoms with van der Waals surface area (Å²) < 4.78 is 23.1. The van der Waals surface area contributed by atoms with Crippen LogP contribution in [0.15, 0.2) is 48.5 Å². The number of benzene rings is 2. The summed E-state index contributed by atoms with van der Waals surface area (Å²) in [5.74, 6) is 1.68. The molecule has 0 fully saturated rings. The fourth-order valence-electron chi connectivity index (χ4n) is 3.25. The molecule has 0 aliphatic rings. The summed E-state index contributed by atoms with van der Waals surface area (Å²) in [7, 11) is 3.42. The van der Waals surface area contributed by atoms with Gasteiger partial charge in [0.25, 0.3) is 0 Å². The van der Waals surface area contributed by atoms with Gasteiger partial charge >= 0.3 is 0 Å². The third kappa shape index (κ3) is 3.71. The Morgan fingerprint density at radius 1 is 0.615 bits per heavy atom. The molecule has 4 nitrogen and oxygen atoms in total. The van der Waals surface area contributed by atoms with E-state index in [1.165, 1.54) is 0 Å². The van der Waals surface area contributed by atoms with Crippen LogP contribution in [0.3, 0.4) is 0 Å². The van der Waals surface area contributed by atoms with Crippen molar-refractivity contribution in [2.24, 2.45) is 0 Å². The zero-order valence-electron chi connectivity index (χ0n) is 16.7. The SMILES string of the molecule is CCOc1ccc(C(C)(OC)C(C)(OC)c2ccc(OCC)cc2)cc1. The van der Waals surface area contributed by atoms with Crippen molar-refractivity contribution in [1.29, 1.82) is 0 Å². The van der Waals surface area contributed by atoms with Gasteiger partial charge in [-0.25, -0.2) is 0 Å². The summed E-state index contributed by atoms with van der Waals surface area (Å²) in [6, 6.07) is 16.0. The van der Waals surface area contributed by atoms with Gasteiger partial charge in [0, 0.05) is 14.2 Å². The summed E-state index contributed by atoms with van der Waals surface area (Å²) in [6.07, 6.45) is 0. The van der Waals surface area contributed by atoms with Gasteiger partial charge in [-0.05, 0) is 63.1 Å². The van der Waals surface area contributed by atoms with Gasteiger partial charge in [-0.3, -0.25) is 0 Å². The number of hydrogen-bond donors (Lipinski definition) is 0. The first-order chi connectivity index (χ1) is 12.4. The highest BCUT2D eigenvalue weighted by Gasteiger charge is 2.48.